The van der Waals surface area contributed by atoms with Crippen molar-refractivity contribution in [1.29, 1.82) is 5.26 Å². The Morgan fingerprint density at radius 3 is 2.48 bits per heavy atom. The largest absolute Gasteiger partial charge is 0.490 e. The number of unbranched alkanes of at least 4 members (excludes halogenated alkanes) is 3. The molecule has 0 spiro atoms. The molecular weight excluding hydrogens is 286 g/mol. The van der Waals surface area contributed by atoms with Crippen LogP contribution in [0.1, 0.15) is 38.2 Å². The minimum atomic E-state index is 0.628. The Hall–Kier alpha value is -2.67. The molecular formula is C19H21N3O. The highest BCUT2D eigenvalue weighted by Crippen LogP contribution is 2.17. The summed E-state index contributed by atoms with van der Waals surface area (Å²) in [6.07, 6.45) is 12.2. The molecule has 0 bridgehead atoms. The third kappa shape index (κ3) is 5.55. The molecule has 0 saturated carbocycles. The zero-order valence-electron chi connectivity index (χ0n) is 13.4. The quantitative estimate of drug-likeness (QED) is 0.531. The highest BCUT2D eigenvalue weighted by molar-refractivity contribution is 5.56. The number of ether oxygens (including phenoxy) is 1. The molecule has 0 aliphatic heterocycles. The van der Waals surface area contributed by atoms with Crippen LogP contribution in [0.25, 0.3) is 11.4 Å². The van der Waals surface area contributed by atoms with E-state index < -0.39 is 0 Å². The molecule has 0 atom stereocenters. The van der Waals surface area contributed by atoms with E-state index >= 15 is 0 Å². The van der Waals surface area contributed by atoms with Crippen LogP contribution in [0.4, 0.5) is 0 Å². The molecule has 0 fully saturated rings. The summed E-state index contributed by atoms with van der Waals surface area (Å²) in [5.41, 5.74) is 1.52. The van der Waals surface area contributed by atoms with Gasteiger partial charge in [-0.05, 0) is 56.9 Å². The van der Waals surface area contributed by atoms with Crippen molar-refractivity contribution in [2.75, 3.05) is 6.61 Å². The van der Waals surface area contributed by atoms with Crippen LogP contribution in [0.3, 0.4) is 0 Å². The van der Waals surface area contributed by atoms with Crippen molar-refractivity contribution in [3.63, 3.8) is 0 Å². The van der Waals surface area contributed by atoms with Gasteiger partial charge in [-0.3, -0.25) is 0 Å². The Morgan fingerprint density at radius 2 is 1.83 bits per heavy atom. The molecule has 1 heterocycles. The number of hydrogen-bond acceptors (Lipinski definition) is 4. The van der Waals surface area contributed by atoms with Gasteiger partial charge in [0.1, 0.15) is 0 Å². The average Bonchev–Trinajstić information content (AvgIpc) is 2.61. The summed E-state index contributed by atoms with van der Waals surface area (Å²) < 4.78 is 5.65. The molecule has 1 aromatic heterocycles. The van der Waals surface area contributed by atoms with E-state index in [1.54, 1.807) is 24.5 Å². The molecule has 0 radical (unpaired) electrons. The standard InChI is InChI=1S/C19H21N3O/c1-2-3-4-5-6-7-12-23-18-14-21-19(22-15-18)17-10-8-16(13-20)9-11-17/h2-3,8-11,14-15H,4-7,12H2,1H3. The molecule has 1 aromatic carbocycles. The third-order valence-electron chi connectivity index (χ3n) is 3.42. The van der Waals surface area contributed by atoms with E-state index in [1.807, 2.05) is 19.1 Å². The normalized spacial score (nSPS) is 10.6. The summed E-state index contributed by atoms with van der Waals surface area (Å²) in [4.78, 5) is 8.63. The SMILES string of the molecule is CC=CCCCCCOc1cnc(-c2ccc(C#N)cc2)nc1. The Labute approximate surface area is 137 Å². The number of allylic oxidation sites excluding steroid dienone is 2. The highest BCUT2D eigenvalue weighted by atomic mass is 16.5. The lowest BCUT2D eigenvalue weighted by molar-refractivity contribution is 0.303. The van der Waals surface area contributed by atoms with Crippen LogP contribution >= 0.6 is 0 Å². The van der Waals surface area contributed by atoms with Crippen LogP contribution in [0.2, 0.25) is 0 Å². The molecule has 0 amide bonds. The first-order valence-electron chi connectivity index (χ1n) is 7.90. The molecule has 0 N–H and O–H groups in total. The predicted octanol–water partition coefficient (Wildman–Crippen LogP) is 4.53. The van der Waals surface area contributed by atoms with Gasteiger partial charge in [-0.15, -0.1) is 0 Å². The fourth-order valence-corrected chi connectivity index (χ4v) is 2.13. The van der Waals surface area contributed by atoms with Crippen molar-refractivity contribution in [2.45, 2.75) is 32.6 Å². The maximum absolute atomic E-state index is 8.80. The average molecular weight is 307 g/mol. The molecule has 0 unspecified atom stereocenters. The van der Waals surface area contributed by atoms with Crippen LogP contribution in [0, 0.1) is 11.3 Å². The van der Waals surface area contributed by atoms with Crippen LogP contribution in [-0.2, 0) is 0 Å². The van der Waals surface area contributed by atoms with E-state index in [0.29, 0.717) is 23.7 Å². The molecule has 0 aliphatic rings. The zero-order chi connectivity index (χ0) is 16.3. The molecule has 4 nitrogen and oxygen atoms in total. The summed E-state index contributed by atoms with van der Waals surface area (Å²) in [6.45, 7) is 2.74. The number of nitrogens with zero attached hydrogens (tertiary/aromatic N) is 3. The van der Waals surface area contributed by atoms with Gasteiger partial charge in [0.25, 0.3) is 0 Å². The Balaban J connectivity index is 1.79. The number of hydrogen-bond donors (Lipinski definition) is 0. The molecule has 0 saturated heterocycles. The predicted molar refractivity (Wildman–Crippen MR) is 91.0 cm³/mol. The molecule has 23 heavy (non-hydrogen) atoms. The van der Waals surface area contributed by atoms with Gasteiger partial charge in [0.2, 0.25) is 0 Å². The van der Waals surface area contributed by atoms with Gasteiger partial charge in [-0.25, -0.2) is 9.97 Å². The highest BCUT2D eigenvalue weighted by Gasteiger charge is 2.02. The van der Waals surface area contributed by atoms with Crippen LogP contribution in [-0.4, -0.2) is 16.6 Å². The van der Waals surface area contributed by atoms with Crippen molar-refractivity contribution in [1.82, 2.24) is 9.97 Å². The molecule has 2 aromatic rings. The lowest BCUT2D eigenvalue weighted by atomic mass is 10.1. The first kappa shape index (κ1) is 16.7. The summed E-state index contributed by atoms with van der Waals surface area (Å²) in [5, 5.41) is 8.80. The maximum Gasteiger partial charge on any atom is 0.159 e. The van der Waals surface area contributed by atoms with Crippen molar-refractivity contribution in [3.8, 4) is 23.2 Å². The van der Waals surface area contributed by atoms with Crippen molar-refractivity contribution in [3.05, 3.63) is 54.4 Å². The lowest BCUT2D eigenvalue weighted by Crippen LogP contribution is -1.99. The molecule has 118 valence electrons. The first-order chi connectivity index (χ1) is 11.3. The van der Waals surface area contributed by atoms with E-state index in [4.69, 9.17) is 10.00 Å². The summed E-state index contributed by atoms with van der Waals surface area (Å²) in [7, 11) is 0. The van der Waals surface area contributed by atoms with Crippen LogP contribution in [0.15, 0.2) is 48.8 Å². The second-order valence-corrected chi connectivity index (χ2v) is 5.20. The van der Waals surface area contributed by atoms with Gasteiger partial charge < -0.3 is 4.74 Å². The van der Waals surface area contributed by atoms with Gasteiger partial charge in [0.05, 0.1) is 30.6 Å². The van der Waals surface area contributed by atoms with Crippen LogP contribution < -0.4 is 4.74 Å². The minimum absolute atomic E-state index is 0.628. The molecule has 4 heteroatoms. The number of aromatic nitrogens is 2. The monoisotopic (exact) mass is 307 g/mol. The van der Waals surface area contributed by atoms with E-state index in [0.717, 1.165) is 24.8 Å². The van der Waals surface area contributed by atoms with E-state index in [-0.39, 0.29) is 0 Å². The lowest BCUT2D eigenvalue weighted by Gasteiger charge is -2.06. The smallest absolute Gasteiger partial charge is 0.159 e. The van der Waals surface area contributed by atoms with E-state index in [9.17, 15) is 0 Å². The van der Waals surface area contributed by atoms with Crippen molar-refractivity contribution < 1.29 is 4.74 Å². The van der Waals surface area contributed by atoms with Crippen molar-refractivity contribution >= 4 is 0 Å². The van der Waals surface area contributed by atoms with E-state index in [2.05, 4.69) is 28.2 Å². The fourth-order valence-electron chi connectivity index (χ4n) is 2.13. The van der Waals surface area contributed by atoms with Gasteiger partial charge >= 0.3 is 0 Å². The fraction of sp³-hybridized carbons (Fsp3) is 0.316. The summed E-state index contributed by atoms with van der Waals surface area (Å²) in [5.74, 6) is 1.32. The van der Waals surface area contributed by atoms with Gasteiger partial charge in [0.15, 0.2) is 11.6 Å². The van der Waals surface area contributed by atoms with Crippen molar-refractivity contribution in [2.24, 2.45) is 0 Å². The minimum Gasteiger partial charge on any atom is -0.490 e. The second kappa shape index (κ2) is 9.37. The van der Waals surface area contributed by atoms with Gasteiger partial charge in [-0.1, -0.05) is 12.2 Å². The Bertz CT molecular complexity index is 655. The summed E-state index contributed by atoms with van der Waals surface area (Å²) in [6, 6.07) is 9.31. The number of benzene rings is 1. The van der Waals surface area contributed by atoms with E-state index in [1.165, 1.54) is 6.42 Å². The zero-order valence-corrected chi connectivity index (χ0v) is 13.4. The van der Waals surface area contributed by atoms with Crippen LogP contribution in [0.5, 0.6) is 5.75 Å². The number of rotatable bonds is 8. The summed E-state index contributed by atoms with van der Waals surface area (Å²) >= 11 is 0. The Kier molecular flexibility index (Phi) is 6.80. The molecule has 0 aliphatic carbocycles. The second-order valence-electron chi connectivity index (χ2n) is 5.20. The Morgan fingerprint density at radius 1 is 1.09 bits per heavy atom. The number of nitriles is 1. The van der Waals surface area contributed by atoms with Gasteiger partial charge in [0, 0.05) is 5.56 Å². The maximum atomic E-state index is 8.80. The first-order valence-corrected chi connectivity index (χ1v) is 7.90. The third-order valence-corrected chi connectivity index (χ3v) is 3.42. The topological polar surface area (TPSA) is 58.8 Å². The van der Waals surface area contributed by atoms with Gasteiger partial charge in [-0.2, -0.15) is 5.26 Å². The molecule has 2 rings (SSSR count).